The molecule has 2 heterocycles. The van der Waals surface area contributed by atoms with Crippen molar-refractivity contribution >= 4 is 0 Å². The largest absolute Gasteiger partial charge is 0.497 e. The van der Waals surface area contributed by atoms with E-state index in [4.69, 9.17) is 9.84 Å². The Bertz CT molecular complexity index is 1080. The van der Waals surface area contributed by atoms with E-state index in [9.17, 15) is 5.11 Å². The summed E-state index contributed by atoms with van der Waals surface area (Å²) >= 11 is 0. The van der Waals surface area contributed by atoms with Crippen molar-refractivity contribution in [3.8, 4) is 5.75 Å². The molecule has 2 aromatic rings. The molecule has 170 valence electrons. The molecule has 1 aromatic heterocycles. The molecular formula is C27H35N3O2. The van der Waals surface area contributed by atoms with Crippen LogP contribution in [0.5, 0.6) is 5.75 Å². The Labute approximate surface area is 190 Å². The summed E-state index contributed by atoms with van der Waals surface area (Å²) in [7, 11) is 1.75. The second-order valence-corrected chi connectivity index (χ2v) is 11.4. The molecular weight excluding hydrogens is 398 g/mol. The Kier molecular flexibility index (Phi) is 4.04. The summed E-state index contributed by atoms with van der Waals surface area (Å²) in [5.74, 6) is 2.54. The molecule has 7 rings (SSSR count). The number of aliphatic hydroxyl groups is 1. The molecule has 0 spiro atoms. The molecule has 32 heavy (non-hydrogen) atoms. The number of ether oxygens (including phenoxy) is 1. The predicted octanol–water partition coefficient (Wildman–Crippen LogP) is 3.42. The molecule has 0 radical (unpaired) electrons. The number of methoxy groups -OCH3 is 1. The van der Waals surface area contributed by atoms with Gasteiger partial charge in [-0.2, -0.15) is 5.10 Å². The van der Waals surface area contributed by atoms with Gasteiger partial charge in [-0.15, -0.1) is 0 Å². The van der Waals surface area contributed by atoms with E-state index in [0.717, 1.165) is 68.6 Å². The number of aryl methyl sites for hydroxylation is 1. The Balaban J connectivity index is 1.39. The van der Waals surface area contributed by atoms with Gasteiger partial charge in [0.25, 0.3) is 0 Å². The van der Waals surface area contributed by atoms with Crippen LogP contribution < -0.4 is 4.74 Å². The van der Waals surface area contributed by atoms with Crippen molar-refractivity contribution in [2.75, 3.05) is 20.2 Å². The smallest absolute Gasteiger partial charge is 0.119 e. The Morgan fingerprint density at radius 3 is 2.66 bits per heavy atom. The number of rotatable bonds is 5. The van der Waals surface area contributed by atoms with Crippen LogP contribution >= 0.6 is 0 Å². The maximum absolute atomic E-state index is 12.7. The summed E-state index contributed by atoms with van der Waals surface area (Å²) in [4.78, 5) is 2.65. The highest BCUT2D eigenvalue weighted by molar-refractivity contribution is 5.52. The van der Waals surface area contributed by atoms with Gasteiger partial charge in [0.1, 0.15) is 5.75 Å². The predicted molar refractivity (Wildman–Crippen MR) is 123 cm³/mol. The van der Waals surface area contributed by atoms with Gasteiger partial charge in [0.2, 0.25) is 0 Å². The van der Waals surface area contributed by atoms with Crippen LogP contribution in [0.15, 0.2) is 18.2 Å². The molecule has 5 nitrogen and oxygen atoms in total. The van der Waals surface area contributed by atoms with Crippen LogP contribution in [0, 0.1) is 18.8 Å². The van der Waals surface area contributed by atoms with E-state index in [-0.39, 0.29) is 11.5 Å². The van der Waals surface area contributed by atoms with E-state index >= 15 is 0 Å². The van der Waals surface area contributed by atoms with Crippen LogP contribution in [0.4, 0.5) is 0 Å². The average Bonchev–Trinajstić information content (AvgIpc) is 3.70. The van der Waals surface area contributed by atoms with Gasteiger partial charge in [0.05, 0.1) is 18.4 Å². The van der Waals surface area contributed by atoms with Gasteiger partial charge < -0.3 is 9.84 Å². The fraction of sp³-hybridized carbons (Fsp3) is 0.667. The molecule has 2 saturated carbocycles. The molecule has 5 heteroatoms. The Morgan fingerprint density at radius 2 is 1.91 bits per heavy atom. The van der Waals surface area contributed by atoms with E-state index in [1.807, 2.05) is 0 Å². The molecule has 4 aliphatic carbocycles. The first-order valence-electron chi connectivity index (χ1n) is 12.7. The minimum absolute atomic E-state index is 0.192. The first-order chi connectivity index (χ1) is 15.5. The summed E-state index contributed by atoms with van der Waals surface area (Å²) in [6.45, 7) is 5.44. The number of hydrogen-bond donors (Lipinski definition) is 1. The second-order valence-electron chi connectivity index (χ2n) is 11.4. The third-order valence-electron chi connectivity index (χ3n) is 9.49. The molecule has 2 bridgehead atoms. The molecule has 5 aliphatic rings. The normalized spacial score (nSPS) is 33.4. The second kappa shape index (κ2) is 6.60. The lowest BCUT2D eigenvalue weighted by Crippen LogP contribution is -2.74. The van der Waals surface area contributed by atoms with Crippen molar-refractivity contribution < 1.29 is 9.84 Å². The van der Waals surface area contributed by atoms with E-state index in [1.165, 1.54) is 48.1 Å². The summed E-state index contributed by atoms with van der Waals surface area (Å²) in [6, 6.07) is 6.81. The van der Waals surface area contributed by atoms with Gasteiger partial charge in [-0.1, -0.05) is 6.07 Å². The number of piperidine rings is 1. The first-order valence-corrected chi connectivity index (χ1v) is 12.7. The molecule has 1 saturated heterocycles. The zero-order chi connectivity index (χ0) is 21.7. The van der Waals surface area contributed by atoms with E-state index in [2.05, 4.69) is 34.7 Å². The highest BCUT2D eigenvalue weighted by atomic mass is 16.5. The number of aromatic nitrogens is 2. The third-order valence-corrected chi connectivity index (χ3v) is 9.49. The number of likely N-dealkylation sites (tertiary alicyclic amines) is 1. The van der Waals surface area contributed by atoms with Gasteiger partial charge in [-0.25, -0.2) is 0 Å². The average molecular weight is 434 g/mol. The summed E-state index contributed by atoms with van der Waals surface area (Å²) in [5, 5.41) is 17.7. The maximum Gasteiger partial charge on any atom is 0.119 e. The van der Waals surface area contributed by atoms with Crippen molar-refractivity contribution in [1.29, 1.82) is 0 Å². The molecule has 3 atom stereocenters. The molecule has 3 fully saturated rings. The molecule has 1 aliphatic heterocycles. The van der Waals surface area contributed by atoms with Crippen molar-refractivity contribution in [2.45, 2.75) is 81.9 Å². The highest BCUT2D eigenvalue weighted by Gasteiger charge is 2.65. The zero-order valence-corrected chi connectivity index (χ0v) is 19.4. The minimum Gasteiger partial charge on any atom is -0.497 e. The van der Waals surface area contributed by atoms with Gasteiger partial charge in [-0.3, -0.25) is 9.58 Å². The van der Waals surface area contributed by atoms with Crippen molar-refractivity contribution in [3.63, 3.8) is 0 Å². The van der Waals surface area contributed by atoms with Crippen LogP contribution in [-0.4, -0.2) is 51.6 Å². The van der Waals surface area contributed by atoms with Crippen LogP contribution in [0.1, 0.15) is 60.2 Å². The van der Waals surface area contributed by atoms with Gasteiger partial charge in [-0.05, 0) is 92.7 Å². The lowest BCUT2D eigenvalue weighted by atomic mass is 9.49. The van der Waals surface area contributed by atoms with E-state index in [0.29, 0.717) is 0 Å². The van der Waals surface area contributed by atoms with Crippen LogP contribution in [0.2, 0.25) is 0 Å². The van der Waals surface area contributed by atoms with Crippen molar-refractivity contribution in [2.24, 2.45) is 11.8 Å². The molecule has 0 unspecified atom stereocenters. The Morgan fingerprint density at radius 1 is 1.12 bits per heavy atom. The lowest BCUT2D eigenvalue weighted by molar-refractivity contribution is -0.152. The maximum atomic E-state index is 12.7. The van der Waals surface area contributed by atoms with Gasteiger partial charge >= 0.3 is 0 Å². The molecule has 1 N–H and O–H groups in total. The Hall–Kier alpha value is -1.85. The standard InChI is InChI=1S/C27H35N3O2/c1-17-22-13-27(31)25-11-20-7-8-21(32-2)12-23(20)26(27,9-10-29(25)15-18-3-4-18)14-24(22)30(28-17)16-19-5-6-19/h7-8,12,18-19,25,31H,3-6,9-11,13-16H2,1-2H3/t25-,26-,27-/m1/s1. The highest BCUT2D eigenvalue weighted by Crippen LogP contribution is 2.58. The number of nitrogens with zero attached hydrogens (tertiary/aromatic N) is 3. The SMILES string of the molecule is COc1ccc2c(c1)[C@]13CCN(CC4CC4)[C@H](C2)[C@]1(O)Cc1c(C)nn(CC2CC2)c1C3. The quantitative estimate of drug-likeness (QED) is 0.785. The number of benzene rings is 1. The summed E-state index contributed by atoms with van der Waals surface area (Å²) in [5.41, 5.74) is 5.61. The topological polar surface area (TPSA) is 50.5 Å². The monoisotopic (exact) mass is 433 g/mol. The number of fused-ring (bicyclic) bond motifs is 2. The van der Waals surface area contributed by atoms with Crippen LogP contribution in [-0.2, 0) is 31.2 Å². The summed E-state index contributed by atoms with van der Waals surface area (Å²) < 4.78 is 7.97. The van der Waals surface area contributed by atoms with Crippen molar-refractivity contribution in [1.82, 2.24) is 14.7 Å². The zero-order valence-electron chi connectivity index (χ0n) is 19.4. The van der Waals surface area contributed by atoms with E-state index in [1.54, 1.807) is 7.11 Å². The van der Waals surface area contributed by atoms with Crippen LogP contribution in [0.25, 0.3) is 0 Å². The lowest BCUT2D eigenvalue weighted by Gasteiger charge is -2.63. The van der Waals surface area contributed by atoms with Gasteiger partial charge in [0, 0.05) is 43.1 Å². The van der Waals surface area contributed by atoms with E-state index < -0.39 is 5.60 Å². The molecule has 0 amide bonds. The fourth-order valence-corrected chi connectivity index (χ4v) is 7.33. The fourth-order valence-electron chi connectivity index (χ4n) is 7.33. The first kappa shape index (κ1) is 19.6. The molecule has 1 aromatic carbocycles. The van der Waals surface area contributed by atoms with Crippen molar-refractivity contribution in [3.05, 3.63) is 46.3 Å². The minimum atomic E-state index is -0.745. The van der Waals surface area contributed by atoms with Crippen LogP contribution in [0.3, 0.4) is 0 Å². The summed E-state index contributed by atoms with van der Waals surface area (Å²) in [6.07, 6.45) is 8.98. The third kappa shape index (κ3) is 2.67. The van der Waals surface area contributed by atoms with Gasteiger partial charge in [0.15, 0.2) is 0 Å². The number of hydrogen-bond acceptors (Lipinski definition) is 4.